The number of fused-ring (bicyclic) bond motifs is 1. The van der Waals surface area contributed by atoms with Gasteiger partial charge in [0.1, 0.15) is 11.3 Å². The third kappa shape index (κ3) is 3.48. The molecular formula is C19H24N2O4. The molecule has 1 fully saturated rings. The molecule has 0 radical (unpaired) electrons. The molecule has 1 aliphatic heterocycles. The summed E-state index contributed by atoms with van der Waals surface area (Å²) < 4.78 is 10.6. The normalized spacial score (nSPS) is 20.5. The van der Waals surface area contributed by atoms with Crippen LogP contribution in [-0.4, -0.2) is 37.1 Å². The molecule has 2 heterocycles. The molecule has 2 aromatic rings. The van der Waals surface area contributed by atoms with Gasteiger partial charge in [0, 0.05) is 30.6 Å². The van der Waals surface area contributed by atoms with E-state index >= 15 is 0 Å². The maximum atomic E-state index is 12.5. The zero-order valence-corrected chi connectivity index (χ0v) is 14.9. The smallest absolute Gasteiger partial charge is 0.317 e. The second-order valence-electron chi connectivity index (χ2n) is 6.63. The van der Waals surface area contributed by atoms with Crippen LogP contribution in [0.4, 0.5) is 4.79 Å². The van der Waals surface area contributed by atoms with E-state index in [4.69, 9.17) is 9.15 Å². The molecule has 2 amide bonds. The van der Waals surface area contributed by atoms with Crippen LogP contribution in [0.1, 0.15) is 24.7 Å². The van der Waals surface area contributed by atoms with E-state index in [2.05, 4.69) is 5.32 Å². The molecule has 25 heavy (non-hydrogen) atoms. The van der Waals surface area contributed by atoms with Gasteiger partial charge in [-0.25, -0.2) is 4.79 Å². The number of carbonyl (C=O) groups is 2. The highest BCUT2D eigenvalue weighted by molar-refractivity contribution is 5.83. The van der Waals surface area contributed by atoms with Gasteiger partial charge in [-0.1, -0.05) is 25.1 Å². The number of esters is 1. The molecule has 0 saturated carbocycles. The van der Waals surface area contributed by atoms with Gasteiger partial charge in [-0.2, -0.15) is 0 Å². The lowest BCUT2D eigenvalue weighted by molar-refractivity contribution is -0.148. The van der Waals surface area contributed by atoms with Gasteiger partial charge in [0.15, 0.2) is 0 Å². The number of ether oxygens (including phenoxy) is 1. The van der Waals surface area contributed by atoms with Gasteiger partial charge in [0.2, 0.25) is 0 Å². The lowest BCUT2D eigenvalue weighted by atomic mass is 9.87. The van der Waals surface area contributed by atoms with Crippen LogP contribution in [0.2, 0.25) is 0 Å². The van der Waals surface area contributed by atoms with Crippen LogP contribution < -0.4 is 5.32 Å². The fraction of sp³-hybridized carbons (Fsp3) is 0.474. The maximum absolute atomic E-state index is 12.5. The van der Waals surface area contributed by atoms with Crippen molar-refractivity contribution >= 4 is 23.0 Å². The molecule has 2 atom stereocenters. The van der Waals surface area contributed by atoms with Gasteiger partial charge >= 0.3 is 12.0 Å². The summed E-state index contributed by atoms with van der Waals surface area (Å²) in [6.07, 6.45) is 0.634. The van der Waals surface area contributed by atoms with E-state index in [1.54, 1.807) is 4.90 Å². The first-order chi connectivity index (χ1) is 12.0. The third-order valence-electron chi connectivity index (χ3n) is 5.01. The Morgan fingerprint density at radius 3 is 2.84 bits per heavy atom. The van der Waals surface area contributed by atoms with Crippen molar-refractivity contribution in [2.45, 2.75) is 26.8 Å². The Bertz CT molecular complexity index is 783. The first-order valence-corrected chi connectivity index (χ1v) is 8.59. The highest BCUT2D eigenvalue weighted by Crippen LogP contribution is 2.26. The number of likely N-dealkylation sites (tertiary alicyclic amines) is 1. The largest absolute Gasteiger partial charge is 0.469 e. The minimum absolute atomic E-state index is 0.0865. The van der Waals surface area contributed by atoms with Gasteiger partial charge in [-0.3, -0.25) is 4.79 Å². The Balaban J connectivity index is 1.61. The van der Waals surface area contributed by atoms with Crippen molar-refractivity contribution in [2.75, 3.05) is 20.2 Å². The molecule has 2 unspecified atom stereocenters. The summed E-state index contributed by atoms with van der Waals surface area (Å²) in [5, 5.41) is 4.00. The number of hydrogen-bond donors (Lipinski definition) is 1. The Kier molecular flexibility index (Phi) is 4.97. The SMILES string of the molecule is COC(=O)C1CCN(C(=O)NCc2c(C)oc3ccccc23)CC1C. The summed E-state index contributed by atoms with van der Waals surface area (Å²) in [5.74, 6) is 0.588. The predicted octanol–water partition coefficient (Wildman–Crippen LogP) is 3.08. The van der Waals surface area contributed by atoms with Crippen LogP contribution in [-0.2, 0) is 16.1 Å². The van der Waals surface area contributed by atoms with Crippen molar-refractivity contribution in [3.05, 3.63) is 35.6 Å². The quantitative estimate of drug-likeness (QED) is 0.869. The molecule has 1 aromatic heterocycles. The number of amides is 2. The van der Waals surface area contributed by atoms with Crippen LogP contribution >= 0.6 is 0 Å². The number of para-hydroxylation sites is 1. The van der Waals surface area contributed by atoms with Crippen molar-refractivity contribution in [2.24, 2.45) is 11.8 Å². The minimum Gasteiger partial charge on any atom is -0.469 e. The molecule has 0 spiro atoms. The van der Waals surface area contributed by atoms with E-state index in [0.717, 1.165) is 22.3 Å². The topological polar surface area (TPSA) is 71.8 Å². The Morgan fingerprint density at radius 2 is 2.12 bits per heavy atom. The number of piperidine rings is 1. The van der Waals surface area contributed by atoms with Crippen LogP contribution in [0.5, 0.6) is 0 Å². The van der Waals surface area contributed by atoms with Crippen molar-refractivity contribution < 1.29 is 18.7 Å². The average Bonchev–Trinajstić information content (AvgIpc) is 2.94. The van der Waals surface area contributed by atoms with E-state index in [1.165, 1.54) is 7.11 Å². The molecule has 1 aliphatic rings. The minimum atomic E-state index is -0.187. The van der Waals surface area contributed by atoms with Gasteiger partial charge in [-0.15, -0.1) is 0 Å². The number of nitrogens with one attached hydrogen (secondary N) is 1. The van der Waals surface area contributed by atoms with E-state index < -0.39 is 0 Å². The molecule has 1 aromatic carbocycles. The number of urea groups is 1. The van der Waals surface area contributed by atoms with Crippen molar-refractivity contribution in [3.63, 3.8) is 0 Å². The van der Waals surface area contributed by atoms with E-state index in [1.807, 2.05) is 38.1 Å². The highest BCUT2D eigenvalue weighted by atomic mass is 16.5. The average molecular weight is 344 g/mol. The van der Waals surface area contributed by atoms with Crippen LogP contribution in [0.15, 0.2) is 28.7 Å². The molecule has 6 nitrogen and oxygen atoms in total. The third-order valence-corrected chi connectivity index (χ3v) is 5.01. The number of hydrogen-bond acceptors (Lipinski definition) is 4. The van der Waals surface area contributed by atoms with Crippen molar-refractivity contribution in [3.8, 4) is 0 Å². The predicted molar refractivity (Wildman–Crippen MR) is 94.0 cm³/mol. The summed E-state index contributed by atoms with van der Waals surface area (Å²) in [7, 11) is 1.41. The monoisotopic (exact) mass is 344 g/mol. The fourth-order valence-electron chi connectivity index (χ4n) is 3.55. The zero-order valence-electron chi connectivity index (χ0n) is 14.9. The lowest BCUT2D eigenvalue weighted by Gasteiger charge is -2.35. The number of benzene rings is 1. The number of furan rings is 1. The standard InChI is InChI=1S/C19H24N2O4/c1-12-11-21(9-8-14(12)18(22)24-3)19(23)20-10-16-13(2)25-17-7-5-4-6-15(16)17/h4-7,12,14H,8-11H2,1-3H3,(H,20,23). The van der Waals surface area contributed by atoms with Crippen molar-refractivity contribution in [1.82, 2.24) is 10.2 Å². The van der Waals surface area contributed by atoms with Crippen LogP contribution in [0.25, 0.3) is 11.0 Å². The second-order valence-corrected chi connectivity index (χ2v) is 6.63. The summed E-state index contributed by atoms with van der Waals surface area (Å²) >= 11 is 0. The van der Waals surface area contributed by atoms with Crippen LogP contribution in [0, 0.1) is 18.8 Å². The van der Waals surface area contributed by atoms with Gasteiger partial charge in [-0.05, 0) is 25.3 Å². The molecule has 1 saturated heterocycles. The van der Waals surface area contributed by atoms with Gasteiger partial charge in [0.05, 0.1) is 13.0 Å². The lowest BCUT2D eigenvalue weighted by Crippen LogP contribution is -2.48. The van der Waals surface area contributed by atoms with E-state index in [0.29, 0.717) is 26.1 Å². The van der Waals surface area contributed by atoms with Gasteiger partial charge < -0.3 is 19.4 Å². The number of nitrogens with zero attached hydrogens (tertiary/aromatic N) is 1. The zero-order chi connectivity index (χ0) is 18.0. The van der Waals surface area contributed by atoms with E-state index in [-0.39, 0.29) is 23.8 Å². The molecule has 1 N–H and O–H groups in total. The maximum Gasteiger partial charge on any atom is 0.317 e. The Labute approximate surface area is 147 Å². The Hall–Kier alpha value is -2.50. The number of carbonyl (C=O) groups excluding carboxylic acids is 2. The van der Waals surface area contributed by atoms with Crippen LogP contribution in [0.3, 0.4) is 0 Å². The first-order valence-electron chi connectivity index (χ1n) is 8.59. The molecule has 3 rings (SSSR count). The number of rotatable bonds is 3. The summed E-state index contributed by atoms with van der Waals surface area (Å²) in [6, 6.07) is 7.70. The molecule has 134 valence electrons. The summed E-state index contributed by atoms with van der Waals surface area (Å²) in [4.78, 5) is 26.0. The fourth-order valence-corrected chi connectivity index (χ4v) is 3.55. The summed E-state index contributed by atoms with van der Waals surface area (Å²) in [5.41, 5.74) is 1.83. The number of aryl methyl sites for hydroxylation is 1. The Morgan fingerprint density at radius 1 is 1.36 bits per heavy atom. The highest BCUT2D eigenvalue weighted by Gasteiger charge is 2.33. The molecule has 6 heteroatoms. The molecule has 0 bridgehead atoms. The number of methoxy groups -OCH3 is 1. The molecule has 0 aliphatic carbocycles. The molecular weight excluding hydrogens is 320 g/mol. The van der Waals surface area contributed by atoms with Crippen molar-refractivity contribution in [1.29, 1.82) is 0 Å². The summed E-state index contributed by atoms with van der Waals surface area (Å²) in [6.45, 7) is 5.42. The van der Waals surface area contributed by atoms with Gasteiger partial charge in [0.25, 0.3) is 0 Å². The van der Waals surface area contributed by atoms with E-state index in [9.17, 15) is 9.59 Å². The second kappa shape index (κ2) is 7.17. The first kappa shape index (κ1) is 17.3.